The largest absolute Gasteiger partial charge is 0.491 e. The highest BCUT2D eigenvalue weighted by molar-refractivity contribution is 14.0. The first-order valence-electron chi connectivity index (χ1n) is 8.97. The van der Waals surface area contributed by atoms with Crippen LogP contribution in [0.5, 0.6) is 5.75 Å². The van der Waals surface area contributed by atoms with Gasteiger partial charge in [0.25, 0.3) is 0 Å². The van der Waals surface area contributed by atoms with E-state index in [4.69, 9.17) is 9.47 Å². The molecule has 6 nitrogen and oxygen atoms in total. The standard InChI is InChI=1S/C20H27FN4O2.HI/c1-4-22-20(25-14-18-17(21)6-5-9-23-18)24-13-16-8-7-15(2)12-19(16)27-11-10-26-3;/h5-9,12H,4,10-11,13-14H2,1-3H3,(H2,22,24,25);1H. The van der Waals surface area contributed by atoms with Crippen molar-refractivity contribution in [1.82, 2.24) is 15.6 Å². The SMILES string of the molecule is CCNC(=NCc1ccc(C)cc1OCCOC)NCc1ncccc1F.I. The second-order valence-corrected chi connectivity index (χ2v) is 5.93. The maximum absolute atomic E-state index is 13.7. The predicted octanol–water partition coefficient (Wildman–Crippen LogP) is 3.43. The second-order valence-electron chi connectivity index (χ2n) is 5.93. The third-order valence-corrected chi connectivity index (χ3v) is 3.78. The molecule has 1 aromatic heterocycles. The van der Waals surface area contributed by atoms with Crippen LogP contribution in [0.25, 0.3) is 0 Å². The van der Waals surface area contributed by atoms with Gasteiger partial charge in [-0.15, -0.1) is 24.0 Å². The van der Waals surface area contributed by atoms with Crippen molar-refractivity contribution in [3.05, 3.63) is 59.2 Å². The van der Waals surface area contributed by atoms with Crippen molar-refractivity contribution in [2.24, 2.45) is 4.99 Å². The van der Waals surface area contributed by atoms with Crippen LogP contribution in [-0.4, -0.2) is 37.8 Å². The highest BCUT2D eigenvalue weighted by Gasteiger charge is 2.07. The lowest BCUT2D eigenvalue weighted by Gasteiger charge is -2.13. The molecule has 0 aliphatic heterocycles. The van der Waals surface area contributed by atoms with Crippen molar-refractivity contribution in [2.45, 2.75) is 26.9 Å². The maximum Gasteiger partial charge on any atom is 0.191 e. The smallest absolute Gasteiger partial charge is 0.191 e. The van der Waals surface area contributed by atoms with E-state index in [0.29, 0.717) is 38.0 Å². The lowest BCUT2D eigenvalue weighted by molar-refractivity contribution is 0.145. The minimum Gasteiger partial charge on any atom is -0.491 e. The number of aryl methyl sites for hydroxylation is 1. The number of nitrogens with one attached hydrogen (secondary N) is 2. The number of hydrogen-bond acceptors (Lipinski definition) is 4. The Hall–Kier alpha value is -1.94. The van der Waals surface area contributed by atoms with Gasteiger partial charge in [0.1, 0.15) is 18.2 Å². The summed E-state index contributed by atoms with van der Waals surface area (Å²) in [6.45, 7) is 6.38. The number of pyridine rings is 1. The Balaban J connectivity index is 0.00000392. The summed E-state index contributed by atoms with van der Waals surface area (Å²) < 4.78 is 24.6. The van der Waals surface area contributed by atoms with E-state index in [2.05, 4.69) is 20.6 Å². The van der Waals surface area contributed by atoms with Crippen molar-refractivity contribution in [1.29, 1.82) is 0 Å². The van der Waals surface area contributed by atoms with Crippen molar-refractivity contribution < 1.29 is 13.9 Å². The molecule has 2 aromatic rings. The summed E-state index contributed by atoms with van der Waals surface area (Å²) in [5, 5.41) is 6.26. The highest BCUT2D eigenvalue weighted by Crippen LogP contribution is 2.21. The lowest BCUT2D eigenvalue weighted by atomic mass is 10.1. The Morgan fingerprint density at radius 2 is 2.04 bits per heavy atom. The van der Waals surface area contributed by atoms with E-state index in [0.717, 1.165) is 16.9 Å². The molecule has 0 spiro atoms. The summed E-state index contributed by atoms with van der Waals surface area (Å²) in [4.78, 5) is 8.62. The molecule has 0 aliphatic carbocycles. The number of ether oxygens (including phenoxy) is 2. The zero-order chi connectivity index (χ0) is 19.5. The molecule has 28 heavy (non-hydrogen) atoms. The van der Waals surface area contributed by atoms with Crippen LogP contribution < -0.4 is 15.4 Å². The van der Waals surface area contributed by atoms with E-state index in [1.165, 1.54) is 6.07 Å². The fourth-order valence-electron chi connectivity index (χ4n) is 2.38. The average Bonchev–Trinajstić information content (AvgIpc) is 2.66. The first-order valence-corrected chi connectivity index (χ1v) is 8.97. The van der Waals surface area contributed by atoms with E-state index < -0.39 is 0 Å². The van der Waals surface area contributed by atoms with Gasteiger partial charge in [-0.3, -0.25) is 4.98 Å². The molecule has 2 rings (SSSR count). The predicted molar refractivity (Wildman–Crippen MR) is 120 cm³/mol. The van der Waals surface area contributed by atoms with E-state index in [1.54, 1.807) is 19.4 Å². The maximum atomic E-state index is 13.7. The normalized spacial score (nSPS) is 10.9. The molecule has 0 bridgehead atoms. The first-order chi connectivity index (χ1) is 13.1. The molecule has 0 fully saturated rings. The van der Waals surface area contributed by atoms with Crippen LogP contribution in [0.1, 0.15) is 23.7 Å². The average molecular weight is 502 g/mol. The minimum absolute atomic E-state index is 0. The van der Waals surface area contributed by atoms with Crippen LogP contribution in [0.2, 0.25) is 0 Å². The Morgan fingerprint density at radius 3 is 2.75 bits per heavy atom. The fourth-order valence-corrected chi connectivity index (χ4v) is 2.38. The lowest BCUT2D eigenvalue weighted by Crippen LogP contribution is -2.37. The molecule has 2 N–H and O–H groups in total. The Morgan fingerprint density at radius 1 is 1.21 bits per heavy atom. The van der Waals surface area contributed by atoms with Gasteiger partial charge in [-0.1, -0.05) is 12.1 Å². The molecule has 0 unspecified atom stereocenters. The van der Waals surface area contributed by atoms with Gasteiger partial charge in [0.05, 0.1) is 25.4 Å². The van der Waals surface area contributed by atoms with E-state index in [1.807, 2.05) is 32.0 Å². The summed E-state index contributed by atoms with van der Waals surface area (Å²) in [6.07, 6.45) is 1.57. The molecular formula is C20H28FIN4O2. The van der Waals surface area contributed by atoms with Crippen LogP contribution >= 0.6 is 24.0 Å². The molecule has 154 valence electrons. The zero-order valence-electron chi connectivity index (χ0n) is 16.5. The van der Waals surface area contributed by atoms with Gasteiger partial charge in [0.15, 0.2) is 5.96 Å². The molecule has 0 aliphatic rings. The topological polar surface area (TPSA) is 67.8 Å². The number of aromatic nitrogens is 1. The molecule has 8 heteroatoms. The summed E-state index contributed by atoms with van der Waals surface area (Å²) in [5.74, 6) is 1.04. The molecule has 0 radical (unpaired) electrons. The summed E-state index contributed by atoms with van der Waals surface area (Å²) in [6, 6.07) is 8.98. The van der Waals surface area contributed by atoms with Gasteiger partial charge < -0.3 is 20.1 Å². The molecule has 0 saturated heterocycles. The molecule has 0 atom stereocenters. The number of aliphatic imine (C=N–C) groups is 1. The van der Waals surface area contributed by atoms with Crippen LogP contribution in [0.15, 0.2) is 41.5 Å². The van der Waals surface area contributed by atoms with Crippen LogP contribution in [-0.2, 0) is 17.8 Å². The minimum atomic E-state index is -0.340. The molecule has 0 saturated carbocycles. The van der Waals surface area contributed by atoms with E-state index in [-0.39, 0.29) is 36.3 Å². The highest BCUT2D eigenvalue weighted by atomic mass is 127. The monoisotopic (exact) mass is 502 g/mol. The Bertz CT molecular complexity index is 759. The zero-order valence-corrected chi connectivity index (χ0v) is 18.8. The van der Waals surface area contributed by atoms with Gasteiger partial charge in [0.2, 0.25) is 0 Å². The Labute approximate surface area is 183 Å². The number of methoxy groups -OCH3 is 1. The fraction of sp³-hybridized carbons (Fsp3) is 0.400. The van der Waals surface area contributed by atoms with E-state index >= 15 is 0 Å². The number of nitrogens with zero attached hydrogens (tertiary/aromatic N) is 2. The van der Waals surface area contributed by atoms with Gasteiger partial charge >= 0.3 is 0 Å². The number of rotatable bonds is 9. The Kier molecular flexibility index (Phi) is 11.4. The molecule has 1 aromatic carbocycles. The van der Waals surface area contributed by atoms with Crippen molar-refractivity contribution in [2.75, 3.05) is 26.9 Å². The second kappa shape index (κ2) is 13.3. The van der Waals surface area contributed by atoms with Gasteiger partial charge in [0, 0.05) is 25.4 Å². The number of halogens is 2. The van der Waals surface area contributed by atoms with Crippen LogP contribution in [0.3, 0.4) is 0 Å². The first kappa shape index (κ1) is 24.1. The van der Waals surface area contributed by atoms with Gasteiger partial charge in [-0.25, -0.2) is 9.38 Å². The third kappa shape index (κ3) is 7.97. The molecule has 1 heterocycles. The van der Waals surface area contributed by atoms with Crippen LogP contribution in [0.4, 0.5) is 4.39 Å². The van der Waals surface area contributed by atoms with Crippen LogP contribution in [0, 0.1) is 12.7 Å². The summed E-state index contributed by atoms with van der Waals surface area (Å²) in [5.41, 5.74) is 2.44. The quantitative estimate of drug-likeness (QED) is 0.238. The molecule has 0 amide bonds. The van der Waals surface area contributed by atoms with Gasteiger partial charge in [-0.2, -0.15) is 0 Å². The van der Waals surface area contributed by atoms with E-state index in [9.17, 15) is 4.39 Å². The van der Waals surface area contributed by atoms with Crippen molar-refractivity contribution >= 4 is 29.9 Å². The number of hydrogen-bond donors (Lipinski definition) is 2. The number of guanidine groups is 1. The van der Waals surface area contributed by atoms with Crippen molar-refractivity contribution in [3.8, 4) is 5.75 Å². The molecular weight excluding hydrogens is 474 g/mol. The summed E-state index contributed by atoms with van der Waals surface area (Å²) in [7, 11) is 1.64. The van der Waals surface area contributed by atoms with Crippen molar-refractivity contribution in [3.63, 3.8) is 0 Å². The summed E-state index contributed by atoms with van der Waals surface area (Å²) >= 11 is 0. The third-order valence-electron chi connectivity index (χ3n) is 3.78. The van der Waals surface area contributed by atoms with Gasteiger partial charge in [-0.05, 0) is 37.6 Å². The number of benzene rings is 1.